The lowest BCUT2D eigenvalue weighted by molar-refractivity contribution is -0.132. The van der Waals surface area contributed by atoms with Crippen LogP contribution in [0.4, 0.5) is 0 Å². The number of esters is 1. The normalized spacial score (nSPS) is 22.5. The monoisotopic (exact) mass is 384 g/mol. The number of fused-ring (bicyclic) bond motifs is 3. The van der Waals surface area contributed by atoms with Crippen LogP contribution in [0.5, 0.6) is 11.5 Å². The number of hydrogen-bond acceptors (Lipinski definition) is 3. The smallest absolute Gasteiger partial charge is 0.308 e. The van der Waals surface area contributed by atoms with Crippen molar-refractivity contribution in [1.29, 1.82) is 0 Å². The molecule has 3 nitrogen and oxygen atoms in total. The molecule has 1 aliphatic carbocycles. The summed E-state index contributed by atoms with van der Waals surface area (Å²) in [5.41, 5.74) is 3.51. The zero-order valence-corrected chi connectivity index (χ0v) is 18.3. The van der Waals surface area contributed by atoms with Crippen molar-refractivity contribution in [3.05, 3.63) is 34.9 Å². The van der Waals surface area contributed by atoms with Crippen LogP contribution in [0.15, 0.2) is 23.8 Å². The van der Waals surface area contributed by atoms with Gasteiger partial charge in [0.15, 0.2) is 0 Å². The fourth-order valence-corrected chi connectivity index (χ4v) is 4.92. The Morgan fingerprint density at radius 2 is 1.96 bits per heavy atom. The zero-order chi connectivity index (χ0) is 20.3. The number of benzene rings is 1. The van der Waals surface area contributed by atoms with Crippen LogP contribution >= 0.6 is 0 Å². The molecule has 0 spiro atoms. The van der Waals surface area contributed by atoms with E-state index in [0.717, 1.165) is 37.0 Å². The summed E-state index contributed by atoms with van der Waals surface area (Å²) in [6, 6.07) is 4.29. The van der Waals surface area contributed by atoms with Gasteiger partial charge >= 0.3 is 5.97 Å². The SMILES string of the molecule is CCCCCCCc1cc(OC(C)=O)c2c(c1)OC(C)(C)[C@@H]1CC=C(C)C[C@@H]21. The van der Waals surface area contributed by atoms with Gasteiger partial charge in [0.25, 0.3) is 0 Å². The lowest BCUT2D eigenvalue weighted by Gasteiger charge is -2.47. The maximum absolute atomic E-state index is 11.8. The van der Waals surface area contributed by atoms with E-state index in [-0.39, 0.29) is 11.6 Å². The largest absolute Gasteiger partial charge is 0.487 e. The van der Waals surface area contributed by atoms with Gasteiger partial charge in [-0.25, -0.2) is 0 Å². The Morgan fingerprint density at radius 1 is 1.21 bits per heavy atom. The van der Waals surface area contributed by atoms with Gasteiger partial charge in [-0.15, -0.1) is 0 Å². The molecule has 0 amide bonds. The number of hydrogen-bond donors (Lipinski definition) is 0. The van der Waals surface area contributed by atoms with Crippen molar-refractivity contribution in [1.82, 2.24) is 0 Å². The number of carbonyl (C=O) groups excluding carboxylic acids is 1. The number of allylic oxidation sites excluding steroid dienone is 2. The number of rotatable bonds is 7. The number of carbonyl (C=O) groups is 1. The quantitative estimate of drug-likeness (QED) is 0.226. The Balaban J connectivity index is 1.93. The summed E-state index contributed by atoms with van der Waals surface area (Å²) in [5.74, 6) is 2.12. The fraction of sp³-hybridized carbons (Fsp3) is 0.640. The second-order valence-electron chi connectivity index (χ2n) is 9.17. The molecular formula is C25H36O3. The number of unbranched alkanes of at least 4 members (excludes halogenated alkanes) is 4. The summed E-state index contributed by atoms with van der Waals surface area (Å²) in [6.07, 6.45) is 11.6. The van der Waals surface area contributed by atoms with Crippen LogP contribution in [0.2, 0.25) is 0 Å². The van der Waals surface area contributed by atoms with Crippen LogP contribution in [0.3, 0.4) is 0 Å². The van der Waals surface area contributed by atoms with Crippen LogP contribution in [-0.4, -0.2) is 11.6 Å². The third-order valence-corrected chi connectivity index (χ3v) is 6.37. The molecule has 0 saturated heterocycles. The lowest BCUT2D eigenvalue weighted by atomic mass is 9.67. The van der Waals surface area contributed by atoms with Crippen molar-refractivity contribution in [3.63, 3.8) is 0 Å². The van der Waals surface area contributed by atoms with Crippen molar-refractivity contribution >= 4 is 5.97 Å². The van der Waals surface area contributed by atoms with Gasteiger partial charge in [-0.1, -0.05) is 44.3 Å². The molecule has 1 aromatic carbocycles. The molecule has 0 unspecified atom stereocenters. The van der Waals surface area contributed by atoms with Crippen molar-refractivity contribution in [2.45, 2.75) is 97.5 Å². The summed E-state index contributed by atoms with van der Waals surface area (Å²) < 4.78 is 12.2. The van der Waals surface area contributed by atoms with E-state index < -0.39 is 0 Å². The predicted molar refractivity (Wildman–Crippen MR) is 114 cm³/mol. The Bertz CT molecular complexity index is 744. The first kappa shape index (κ1) is 21.0. The van der Waals surface area contributed by atoms with Gasteiger partial charge in [-0.3, -0.25) is 4.79 Å². The van der Waals surface area contributed by atoms with E-state index >= 15 is 0 Å². The molecule has 3 rings (SSSR count). The predicted octanol–water partition coefficient (Wildman–Crippen LogP) is 6.74. The van der Waals surface area contributed by atoms with Crippen LogP contribution in [0, 0.1) is 5.92 Å². The highest BCUT2D eigenvalue weighted by atomic mass is 16.5. The van der Waals surface area contributed by atoms with E-state index in [1.807, 2.05) is 0 Å². The molecule has 2 aliphatic rings. The minimum Gasteiger partial charge on any atom is -0.487 e. The maximum atomic E-state index is 11.8. The van der Waals surface area contributed by atoms with Crippen LogP contribution < -0.4 is 9.47 Å². The molecule has 1 heterocycles. The maximum Gasteiger partial charge on any atom is 0.308 e. The summed E-state index contributed by atoms with van der Waals surface area (Å²) in [5, 5.41) is 0. The van der Waals surface area contributed by atoms with Gasteiger partial charge in [-0.05, 0) is 64.2 Å². The molecule has 0 N–H and O–H groups in total. The Labute approximate surface area is 170 Å². The highest BCUT2D eigenvalue weighted by Crippen LogP contribution is 2.54. The third kappa shape index (κ3) is 4.61. The molecule has 3 heteroatoms. The second-order valence-corrected chi connectivity index (χ2v) is 9.17. The molecule has 28 heavy (non-hydrogen) atoms. The Morgan fingerprint density at radius 3 is 2.68 bits per heavy atom. The van der Waals surface area contributed by atoms with Crippen LogP contribution in [-0.2, 0) is 11.2 Å². The summed E-state index contributed by atoms with van der Waals surface area (Å²) in [6.45, 7) is 10.3. The van der Waals surface area contributed by atoms with Crippen molar-refractivity contribution in [2.75, 3.05) is 0 Å². The van der Waals surface area contributed by atoms with Crippen LogP contribution in [0.25, 0.3) is 0 Å². The highest BCUT2D eigenvalue weighted by Gasteiger charge is 2.46. The van der Waals surface area contributed by atoms with Crippen LogP contribution in [0.1, 0.15) is 96.6 Å². The highest BCUT2D eigenvalue weighted by molar-refractivity contribution is 5.71. The van der Waals surface area contributed by atoms with Gasteiger partial charge in [0.1, 0.15) is 17.1 Å². The zero-order valence-electron chi connectivity index (χ0n) is 18.3. The first-order valence-corrected chi connectivity index (χ1v) is 11.0. The van der Waals surface area contributed by atoms with Gasteiger partial charge in [0.05, 0.1) is 0 Å². The van der Waals surface area contributed by atoms with Crippen molar-refractivity contribution in [2.24, 2.45) is 5.92 Å². The first-order chi connectivity index (χ1) is 13.3. The third-order valence-electron chi connectivity index (χ3n) is 6.37. The number of aryl methyl sites for hydroxylation is 1. The fourth-order valence-electron chi connectivity index (χ4n) is 4.92. The molecule has 0 aromatic heterocycles. The first-order valence-electron chi connectivity index (χ1n) is 11.0. The second kappa shape index (κ2) is 8.71. The molecule has 0 radical (unpaired) electrons. The van der Waals surface area contributed by atoms with Gasteiger partial charge in [0.2, 0.25) is 0 Å². The van der Waals surface area contributed by atoms with E-state index in [1.165, 1.54) is 43.7 Å². The van der Waals surface area contributed by atoms with E-state index in [9.17, 15) is 4.79 Å². The Kier molecular flexibility index (Phi) is 6.52. The average Bonchev–Trinajstić information content (AvgIpc) is 2.59. The summed E-state index contributed by atoms with van der Waals surface area (Å²) in [7, 11) is 0. The van der Waals surface area contributed by atoms with E-state index in [1.54, 1.807) is 0 Å². The van der Waals surface area contributed by atoms with E-state index in [2.05, 4.69) is 45.9 Å². The lowest BCUT2D eigenvalue weighted by Crippen LogP contribution is -2.45. The molecule has 0 saturated carbocycles. The molecule has 1 aromatic rings. The minimum atomic E-state index is -0.258. The van der Waals surface area contributed by atoms with Gasteiger partial charge in [0, 0.05) is 24.3 Å². The Hall–Kier alpha value is -1.77. The molecular weight excluding hydrogens is 348 g/mol. The molecule has 154 valence electrons. The number of ether oxygens (including phenoxy) is 2. The van der Waals surface area contributed by atoms with Gasteiger partial charge in [-0.2, -0.15) is 0 Å². The standard InChI is InChI=1S/C25H36O3/c1-6-7-8-9-10-11-19-15-22(27-18(3)26)24-20-14-17(2)12-13-21(20)25(4,5)28-23(24)16-19/h12,15-16,20-21H,6-11,13-14H2,1-5H3/t20-,21-/m1/s1. The molecule has 2 atom stereocenters. The molecule has 0 fully saturated rings. The minimum absolute atomic E-state index is 0.220. The van der Waals surface area contributed by atoms with Crippen molar-refractivity contribution in [3.8, 4) is 11.5 Å². The average molecular weight is 385 g/mol. The summed E-state index contributed by atoms with van der Waals surface area (Å²) >= 11 is 0. The van der Waals surface area contributed by atoms with Gasteiger partial charge < -0.3 is 9.47 Å². The van der Waals surface area contributed by atoms with Crippen molar-refractivity contribution < 1.29 is 14.3 Å². The topological polar surface area (TPSA) is 35.5 Å². The summed E-state index contributed by atoms with van der Waals surface area (Å²) in [4.78, 5) is 11.8. The molecule has 1 aliphatic heterocycles. The van der Waals surface area contributed by atoms with E-state index in [4.69, 9.17) is 9.47 Å². The molecule has 0 bridgehead atoms. The van der Waals surface area contributed by atoms with E-state index in [0.29, 0.717) is 17.6 Å².